The molecule has 0 aromatic rings. The summed E-state index contributed by atoms with van der Waals surface area (Å²) < 4.78 is 5.72. The van der Waals surface area contributed by atoms with Crippen LogP contribution in [0.15, 0.2) is 0 Å². The first-order chi connectivity index (χ1) is 2.41. The molecule has 0 aliphatic rings. The summed E-state index contributed by atoms with van der Waals surface area (Å²) in [6.45, 7) is 1.56. The van der Waals surface area contributed by atoms with Gasteiger partial charge in [0.05, 0.1) is 0 Å². The van der Waals surface area contributed by atoms with Crippen LogP contribution in [0.25, 0.3) is 0 Å². The summed E-state index contributed by atoms with van der Waals surface area (Å²) in [7, 11) is 1.00. The Balaban J connectivity index is 0. The molecule has 1 N–H and O–H groups in total. The Kier molecular flexibility index (Phi) is 11.0. The number of rotatable bonds is 0. The Morgan fingerprint density at radius 3 is 2.25 bits per heavy atom. The van der Waals surface area contributed by atoms with E-state index >= 15 is 0 Å². The van der Waals surface area contributed by atoms with Crippen LogP contribution in [0.2, 0.25) is 6.82 Å². The molecule has 28 valence electrons. The third-order valence-corrected chi connectivity index (χ3v) is 0. The molecule has 0 unspecified atom stereocenters. The van der Waals surface area contributed by atoms with Crippen molar-refractivity contribution in [3.8, 4) is 0 Å². The molecular weight excluding hydrogens is 234 g/mol. The van der Waals surface area contributed by atoms with Gasteiger partial charge in [-0.15, -0.1) is 0 Å². The quantitative estimate of drug-likeness (QED) is 0.559. The molecular formula is CH5BOPt. The van der Waals surface area contributed by atoms with Crippen LogP contribution < -0.4 is 0 Å². The van der Waals surface area contributed by atoms with Gasteiger partial charge in [-0.3, -0.25) is 0 Å². The van der Waals surface area contributed by atoms with Gasteiger partial charge in [0.15, 0.2) is 0 Å². The zero-order chi connectivity index (χ0) is 4.71. The number of hydrogen-bond donors (Lipinski definition) is 1. The summed E-state index contributed by atoms with van der Waals surface area (Å²) in [4.78, 5) is 0. The predicted octanol–water partition coefficient (Wildman–Crippen LogP) is -0.624. The van der Waals surface area contributed by atoms with Crippen molar-refractivity contribution < 1.29 is 25.9 Å². The van der Waals surface area contributed by atoms with Crippen LogP contribution in [-0.4, -0.2) is 13.3 Å². The van der Waals surface area contributed by atoms with Crippen LogP contribution in [0.3, 0.4) is 0 Å². The normalized spacial score (nSPS) is 5.50. The minimum absolute atomic E-state index is 1.00. The predicted molar refractivity (Wildman–Crippen MR) is 15.2 cm³/mol. The van der Waals surface area contributed by atoms with Gasteiger partial charge in [0.25, 0.3) is 7.48 Å². The summed E-state index contributed by atoms with van der Waals surface area (Å²) in [5.74, 6) is 0. The van der Waals surface area contributed by atoms with Crippen LogP contribution in [0.1, 0.15) is 0 Å². The van der Waals surface area contributed by atoms with Crippen molar-refractivity contribution in [1.82, 2.24) is 0 Å². The van der Waals surface area contributed by atoms with E-state index < -0.39 is 0 Å². The Morgan fingerprint density at radius 1 is 2.25 bits per heavy atom. The van der Waals surface area contributed by atoms with Gasteiger partial charge in [0, 0.05) is 0 Å². The fraction of sp³-hybridized carbons (Fsp3) is 1.00. The van der Waals surface area contributed by atoms with Gasteiger partial charge in [0.2, 0.25) is 0 Å². The standard InChI is InChI=1S/CH4BO.Pt.H/c1-2-3;;/h3H,1H3;;/i;;1+1. The third-order valence-electron chi connectivity index (χ3n) is 0. The number of hydrogen-bond acceptors (Lipinski definition) is 1. The van der Waals surface area contributed by atoms with Crippen molar-refractivity contribution in [3.05, 3.63) is 0 Å². The van der Waals surface area contributed by atoms with Crippen molar-refractivity contribution in [3.63, 3.8) is 0 Å². The molecule has 0 atom stereocenters. The third kappa shape index (κ3) is 15.7. The second kappa shape index (κ2) is 9.31. The van der Waals surface area contributed by atoms with Crippen molar-refractivity contribution in [1.29, 1.82) is 0.749 Å². The zero-order valence-electron chi connectivity index (χ0n) is 3.34. The maximum atomic E-state index is 7.44. The van der Waals surface area contributed by atoms with Gasteiger partial charge in [-0.2, -0.15) is 0 Å². The van der Waals surface area contributed by atoms with E-state index in [9.17, 15) is 0 Å². The molecule has 3 heteroatoms. The first-order valence-corrected chi connectivity index (χ1v) is 0.836. The van der Waals surface area contributed by atoms with E-state index in [4.69, 9.17) is 5.77 Å². The summed E-state index contributed by atoms with van der Waals surface area (Å²) in [5, 5.41) is 7.44. The van der Waals surface area contributed by atoms with Crippen molar-refractivity contribution >= 4 is 7.48 Å². The van der Waals surface area contributed by atoms with Crippen LogP contribution >= 0.6 is 0 Å². The first-order valence-electron chi connectivity index (χ1n) is 1.15. The van der Waals surface area contributed by atoms with Gasteiger partial charge >= 0.3 is 21.6 Å². The Bertz CT molecular complexity index is 11.6. The zero-order valence-corrected chi connectivity index (χ0v) is 4.61. The molecule has 0 aliphatic heterocycles. The molecule has 0 aliphatic carbocycles. The monoisotopic (exact) mass is 240 g/mol. The van der Waals surface area contributed by atoms with Crippen LogP contribution in [0.5, 0.6) is 0 Å². The SMILES string of the molecule is C[B]O.[2H][Pt]. The van der Waals surface area contributed by atoms with E-state index in [2.05, 4.69) is 0 Å². The summed E-state index contributed by atoms with van der Waals surface area (Å²) >= 11 is 1.39. The van der Waals surface area contributed by atoms with Gasteiger partial charge in [-0.1, -0.05) is 6.82 Å². The van der Waals surface area contributed by atoms with Gasteiger partial charge < -0.3 is 5.02 Å². The molecule has 1 radical (unpaired) electrons. The fourth-order valence-electron chi connectivity index (χ4n) is 0. The van der Waals surface area contributed by atoms with E-state index in [0.717, 1.165) is 7.48 Å². The van der Waals surface area contributed by atoms with Crippen LogP contribution in [0, 0.1) is 0 Å². The molecule has 0 bridgehead atoms. The molecule has 0 spiro atoms. The van der Waals surface area contributed by atoms with Crippen molar-refractivity contribution in [2.24, 2.45) is 0 Å². The second-order valence-corrected chi connectivity index (χ2v) is 0.258. The summed E-state index contributed by atoms with van der Waals surface area (Å²) in [6, 6.07) is 0. The maximum absolute atomic E-state index is 7.44. The van der Waals surface area contributed by atoms with E-state index in [0.29, 0.717) is 0 Å². The molecule has 0 amide bonds. The van der Waals surface area contributed by atoms with E-state index in [1.165, 1.54) is 20.9 Å². The van der Waals surface area contributed by atoms with Gasteiger partial charge in [-0.05, 0) is 0 Å². The molecule has 0 aromatic heterocycles. The summed E-state index contributed by atoms with van der Waals surface area (Å²) in [5.41, 5.74) is 0. The van der Waals surface area contributed by atoms with E-state index in [1.807, 2.05) is 0 Å². The Morgan fingerprint density at radius 2 is 2.25 bits per heavy atom. The van der Waals surface area contributed by atoms with Crippen molar-refractivity contribution in [2.45, 2.75) is 6.82 Å². The van der Waals surface area contributed by atoms with E-state index in [-0.39, 0.29) is 0 Å². The topological polar surface area (TPSA) is 20.2 Å². The molecule has 4 heavy (non-hydrogen) atoms. The van der Waals surface area contributed by atoms with E-state index in [1.54, 1.807) is 6.82 Å². The molecule has 0 fully saturated rings. The summed E-state index contributed by atoms with van der Waals surface area (Å²) in [6.07, 6.45) is 0. The average molecular weight is 240 g/mol. The first kappa shape index (κ1) is 4.71. The van der Waals surface area contributed by atoms with Gasteiger partial charge in [0.1, 0.15) is 0 Å². The van der Waals surface area contributed by atoms with Crippen LogP contribution in [0.4, 0.5) is 0 Å². The molecule has 0 aromatic carbocycles. The average Bonchev–Trinajstić information content (AvgIpc) is 1.46. The van der Waals surface area contributed by atoms with Gasteiger partial charge in [-0.25, -0.2) is 0 Å². The Labute approximate surface area is 41.6 Å². The van der Waals surface area contributed by atoms with Crippen molar-refractivity contribution in [2.75, 3.05) is 0 Å². The molecule has 0 saturated carbocycles. The molecule has 0 rings (SSSR count). The molecule has 0 heterocycles. The second-order valence-electron chi connectivity index (χ2n) is 0.258. The van der Waals surface area contributed by atoms with Crippen LogP contribution in [-0.2, 0) is 20.9 Å². The Hall–Kier alpha value is 0.713. The fourth-order valence-corrected chi connectivity index (χ4v) is 0. The minimum atomic E-state index is 1.00. The molecule has 0 saturated heterocycles. The molecule has 1 nitrogen and oxygen atoms in total.